The van der Waals surface area contributed by atoms with E-state index in [1.165, 1.54) is 24.3 Å². The number of halogens is 1. The van der Waals surface area contributed by atoms with E-state index in [1.807, 2.05) is 0 Å². The summed E-state index contributed by atoms with van der Waals surface area (Å²) in [6, 6.07) is 16.6. The molecule has 0 unspecified atom stereocenters. The third kappa shape index (κ3) is 5.04. The van der Waals surface area contributed by atoms with Crippen LogP contribution in [0.5, 0.6) is 5.75 Å². The molecular formula is C25H18ClN3O6. The molecule has 0 aliphatic carbocycles. The topological polar surface area (TPSA) is 119 Å². The molecule has 1 aliphatic heterocycles. The molecule has 0 atom stereocenters. The number of nitro benzene ring substituents is 1. The lowest BCUT2D eigenvalue weighted by molar-refractivity contribution is -0.384. The maximum Gasteiger partial charge on any atom is 0.335 e. The number of hydrogen-bond acceptors (Lipinski definition) is 6. The van der Waals surface area contributed by atoms with Gasteiger partial charge in [-0.15, -0.1) is 0 Å². The molecule has 1 N–H and O–H groups in total. The minimum absolute atomic E-state index is 0.0326. The first-order chi connectivity index (χ1) is 16.7. The normalized spacial score (nSPS) is 14.7. The SMILES string of the molecule is Cc1ccc(Cl)cc1N1C(=O)NC(=O)/C(=C\c2ccccc2OCc2ccc([N+](=O)[O-])cc2)C1=O. The summed E-state index contributed by atoms with van der Waals surface area (Å²) in [5.41, 5.74) is 1.73. The number of carbonyl (C=O) groups excluding carboxylic acids is 3. The highest BCUT2D eigenvalue weighted by atomic mass is 35.5. The Morgan fingerprint density at radius 1 is 1.06 bits per heavy atom. The second-order valence-corrected chi connectivity index (χ2v) is 8.08. The molecular weight excluding hydrogens is 474 g/mol. The average molecular weight is 492 g/mol. The van der Waals surface area contributed by atoms with E-state index in [0.717, 1.165) is 4.90 Å². The number of anilines is 1. The van der Waals surface area contributed by atoms with Crippen LogP contribution in [0.3, 0.4) is 0 Å². The summed E-state index contributed by atoms with van der Waals surface area (Å²) in [7, 11) is 0. The van der Waals surface area contributed by atoms with E-state index in [9.17, 15) is 24.5 Å². The molecule has 10 heteroatoms. The Hall–Kier alpha value is -4.50. The van der Waals surface area contributed by atoms with E-state index in [4.69, 9.17) is 16.3 Å². The van der Waals surface area contributed by atoms with Gasteiger partial charge in [0.25, 0.3) is 17.5 Å². The van der Waals surface area contributed by atoms with Crippen molar-refractivity contribution in [2.24, 2.45) is 0 Å². The zero-order valence-electron chi connectivity index (χ0n) is 18.4. The number of nitrogens with one attached hydrogen (secondary N) is 1. The minimum atomic E-state index is -0.870. The molecule has 0 spiro atoms. The summed E-state index contributed by atoms with van der Waals surface area (Å²) in [6.45, 7) is 1.82. The predicted molar refractivity (Wildman–Crippen MR) is 129 cm³/mol. The van der Waals surface area contributed by atoms with Gasteiger partial charge in [0.2, 0.25) is 0 Å². The maximum atomic E-state index is 13.2. The van der Waals surface area contributed by atoms with Crippen molar-refractivity contribution in [3.05, 3.63) is 104 Å². The Labute approximate surface area is 204 Å². The molecule has 1 saturated heterocycles. The molecule has 176 valence electrons. The Kier molecular flexibility index (Phi) is 6.61. The van der Waals surface area contributed by atoms with Gasteiger partial charge in [-0.3, -0.25) is 25.0 Å². The number of benzene rings is 3. The highest BCUT2D eigenvalue weighted by Crippen LogP contribution is 2.29. The van der Waals surface area contributed by atoms with E-state index in [0.29, 0.717) is 27.5 Å². The molecule has 1 aliphatic rings. The molecule has 4 amide bonds. The summed E-state index contributed by atoms with van der Waals surface area (Å²) < 4.78 is 5.85. The molecule has 35 heavy (non-hydrogen) atoms. The fourth-order valence-corrected chi connectivity index (χ4v) is 3.63. The molecule has 0 radical (unpaired) electrons. The van der Waals surface area contributed by atoms with Crippen LogP contribution in [-0.4, -0.2) is 22.8 Å². The lowest BCUT2D eigenvalue weighted by Gasteiger charge is -2.27. The monoisotopic (exact) mass is 491 g/mol. The van der Waals surface area contributed by atoms with Crippen molar-refractivity contribution >= 4 is 46.9 Å². The Morgan fingerprint density at radius 2 is 1.77 bits per heavy atom. The molecule has 0 bridgehead atoms. The third-order valence-corrected chi connectivity index (χ3v) is 5.51. The molecule has 3 aromatic carbocycles. The second kappa shape index (κ2) is 9.78. The quantitative estimate of drug-likeness (QED) is 0.229. The van der Waals surface area contributed by atoms with Crippen molar-refractivity contribution in [2.45, 2.75) is 13.5 Å². The van der Waals surface area contributed by atoms with E-state index in [2.05, 4.69) is 5.32 Å². The molecule has 4 rings (SSSR count). The number of amides is 4. The molecule has 0 saturated carbocycles. The van der Waals surface area contributed by atoms with Gasteiger partial charge in [-0.05, 0) is 54.5 Å². The highest BCUT2D eigenvalue weighted by molar-refractivity contribution is 6.39. The number of imide groups is 2. The average Bonchev–Trinajstić information content (AvgIpc) is 2.83. The standard InChI is InChI=1S/C25H18ClN3O6/c1-15-6-9-18(26)13-21(15)28-24(31)20(23(30)27-25(28)32)12-17-4-2-3-5-22(17)35-14-16-7-10-19(11-8-16)29(33)34/h2-13H,14H2,1H3,(H,27,30,32)/b20-12+. The summed E-state index contributed by atoms with van der Waals surface area (Å²) in [5.74, 6) is -1.25. The number of nitrogens with zero attached hydrogens (tertiary/aromatic N) is 2. The molecule has 0 aromatic heterocycles. The van der Waals surface area contributed by atoms with Crippen molar-refractivity contribution < 1.29 is 24.0 Å². The first kappa shape index (κ1) is 23.7. The first-order valence-electron chi connectivity index (χ1n) is 10.4. The fraction of sp³-hybridized carbons (Fsp3) is 0.0800. The fourth-order valence-electron chi connectivity index (χ4n) is 3.46. The van der Waals surface area contributed by atoms with Gasteiger partial charge in [0.15, 0.2) is 0 Å². The summed E-state index contributed by atoms with van der Waals surface area (Å²) >= 11 is 6.06. The third-order valence-electron chi connectivity index (χ3n) is 5.27. The van der Waals surface area contributed by atoms with Gasteiger partial charge in [0, 0.05) is 22.7 Å². The predicted octanol–water partition coefficient (Wildman–Crippen LogP) is 4.80. The van der Waals surface area contributed by atoms with Gasteiger partial charge in [0.1, 0.15) is 17.9 Å². The summed E-state index contributed by atoms with van der Waals surface area (Å²) in [5, 5.41) is 13.3. The number of aryl methyl sites for hydroxylation is 1. The van der Waals surface area contributed by atoms with Crippen LogP contribution in [0.25, 0.3) is 6.08 Å². The van der Waals surface area contributed by atoms with Gasteiger partial charge in [-0.1, -0.05) is 35.9 Å². The number of non-ortho nitro benzene ring substituents is 1. The first-order valence-corrected chi connectivity index (χ1v) is 10.7. The zero-order chi connectivity index (χ0) is 25.1. The van der Waals surface area contributed by atoms with Gasteiger partial charge < -0.3 is 4.74 Å². The van der Waals surface area contributed by atoms with Crippen LogP contribution in [0.1, 0.15) is 16.7 Å². The highest BCUT2D eigenvalue weighted by Gasteiger charge is 2.37. The van der Waals surface area contributed by atoms with Crippen LogP contribution in [0.2, 0.25) is 5.02 Å². The van der Waals surface area contributed by atoms with Crippen LogP contribution in [-0.2, 0) is 16.2 Å². The van der Waals surface area contributed by atoms with E-state index >= 15 is 0 Å². The van der Waals surface area contributed by atoms with Gasteiger partial charge in [0.05, 0.1) is 10.6 Å². The number of para-hydroxylation sites is 1. The lowest BCUT2D eigenvalue weighted by atomic mass is 10.0. The number of ether oxygens (including phenoxy) is 1. The number of barbiturate groups is 1. The largest absolute Gasteiger partial charge is 0.488 e. The zero-order valence-corrected chi connectivity index (χ0v) is 19.1. The molecule has 1 fully saturated rings. The van der Waals surface area contributed by atoms with Crippen molar-refractivity contribution in [3.8, 4) is 5.75 Å². The number of hydrogen-bond donors (Lipinski definition) is 1. The van der Waals surface area contributed by atoms with Gasteiger partial charge in [-0.2, -0.15) is 0 Å². The van der Waals surface area contributed by atoms with Crippen LogP contribution in [0.4, 0.5) is 16.2 Å². The number of carbonyl (C=O) groups is 3. The van der Waals surface area contributed by atoms with Crippen molar-refractivity contribution in [3.63, 3.8) is 0 Å². The second-order valence-electron chi connectivity index (χ2n) is 7.64. The van der Waals surface area contributed by atoms with Crippen LogP contribution < -0.4 is 15.0 Å². The molecule has 9 nitrogen and oxygen atoms in total. The van der Waals surface area contributed by atoms with Crippen LogP contribution in [0, 0.1) is 17.0 Å². The smallest absolute Gasteiger partial charge is 0.335 e. The van der Waals surface area contributed by atoms with E-state index in [-0.39, 0.29) is 23.6 Å². The van der Waals surface area contributed by atoms with Crippen molar-refractivity contribution in [1.82, 2.24) is 5.32 Å². The van der Waals surface area contributed by atoms with Gasteiger partial charge in [-0.25, -0.2) is 9.69 Å². The molecule has 1 heterocycles. The van der Waals surface area contributed by atoms with Crippen molar-refractivity contribution in [2.75, 3.05) is 4.90 Å². The lowest BCUT2D eigenvalue weighted by Crippen LogP contribution is -2.54. The summed E-state index contributed by atoms with van der Waals surface area (Å²) in [6.07, 6.45) is 1.35. The Morgan fingerprint density at radius 3 is 2.49 bits per heavy atom. The van der Waals surface area contributed by atoms with Crippen molar-refractivity contribution in [1.29, 1.82) is 0 Å². The maximum absolute atomic E-state index is 13.2. The number of nitro groups is 1. The Bertz CT molecular complexity index is 1380. The van der Waals surface area contributed by atoms with Crippen LogP contribution in [0.15, 0.2) is 72.3 Å². The summed E-state index contributed by atoms with van der Waals surface area (Å²) in [4.78, 5) is 49.5. The van der Waals surface area contributed by atoms with Crippen LogP contribution >= 0.6 is 11.6 Å². The number of rotatable bonds is 6. The Balaban J connectivity index is 1.62. The minimum Gasteiger partial charge on any atom is -0.488 e. The van der Waals surface area contributed by atoms with Gasteiger partial charge >= 0.3 is 6.03 Å². The molecule has 3 aromatic rings. The van der Waals surface area contributed by atoms with E-state index in [1.54, 1.807) is 55.5 Å². The number of urea groups is 1. The van der Waals surface area contributed by atoms with E-state index < -0.39 is 22.8 Å².